The highest BCUT2D eigenvalue weighted by Gasteiger charge is 2.18. The molecule has 0 heterocycles. The van der Waals surface area contributed by atoms with Gasteiger partial charge in [0.25, 0.3) is 0 Å². The lowest BCUT2D eigenvalue weighted by molar-refractivity contribution is -0.138. The van der Waals surface area contributed by atoms with Crippen LogP contribution in [0, 0.1) is 0 Å². The highest BCUT2D eigenvalue weighted by atomic mass is 32.2. The van der Waals surface area contributed by atoms with Gasteiger partial charge >= 0.3 is 5.97 Å². The van der Waals surface area contributed by atoms with E-state index < -0.39 is 21.8 Å². The fourth-order valence-electron chi connectivity index (χ4n) is 1.15. The highest BCUT2D eigenvalue weighted by Crippen LogP contribution is 2.11. The average Bonchev–Trinajstić information content (AvgIpc) is 2.27. The number of hydrogen-bond acceptors (Lipinski definition) is 4. The van der Waals surface area contributed by atoms with E-state index in [1.165, 1.54) is 12.1 Å². The minimum absolute atomic E-state index is 0.0907. The summed E-state index contributed by atoms with van der Waals surface area (Å²) in [5, 5.41) is 8.53. The molecule has 1 aromatic carbocycles. The van der Waals surface area contributed by atoms with Gasteiger partial charge < -0.3 is 10.8 Å². The third-order valence-corrected chi connectivity index (χ3v) is 3.88. The lowest BCUT2D eigenvalue weighted by Crippen LogP contribution is -2.32. The lowest BCUT2D eigenvalue weighted by atomic mass is 10.2. The molecule has 3 N–H and O–H groups in total. The van der Waals surface area contributed by atoms with Crippen molar-refractivity contribution in [3.8, 4) is 0 Å². The van der Waals surface area contributed by atoms with Crippen LogP contribution >= 0.6 is 0 Å². The Labute approximate surface area is 93.8 Å². The van der Waals surface area contributed by atoms with Crippen LogP contribution in [0.2, 0.25) is 0 Å². The number of carboxylic acids is 1. The Balaban J connectivity index is 2.71. The maximum atomic E-state index is 11.7. The summed E-state index contributed by atoms with van der Waals surface area (Å²) < 4.78 is 23.4. The van der Waals surface area contributed by atoms with E-state index in [0.29, 0.717) is 0 Å². The summed E-state index contributed by atoms with van der Waals surface area (Å²) >= 11 is 0. The van der Waals surface area contributed by atoms with Crippen molar-refractivity contribution >= 4 is 15.8 Å². The molecule has 16 heavy (non-hydrogen) atoms. The smallest absolute Gasteiger partial charge is 0.320 e. The summed E-state index contributed by atoms with van der Waals surface area (Å²) in [6, 6.07) is 6.75. The molecule has 0 bridgehead atoms. The van der Waals surface area contributed by atoms with Crippen molar-refractivity contribution in [3.05, 3.63) is 30.3 Å². The van der Waals surface area contributed by atoms with Gasteiger partial charge in [0.2, 0.25) is 0 Å². The summed E-state index contributed by atoms with van der Waals surface area (Å²) in [4.78, 5) is 10.6. The maximum absolute atomic E-state index is 11.7. The zero-order valence-corrected chi connectivity index (χ0v) is 9.35. The predicted molar refractivity (Wildman–Crippen MR) is 58.7 cm³/mol. The van der Waals surface area contributed by atoms with Crippen molar-refractivity contribution in [1.82, 2.24) is 0 Å². The predicted octanol–water partition coefficient (Wildman–Crippen LogP) is 0.262. The Kier molecular flexibility index (Phi) is 4.03. The molecule has 5 nitrogen and oxygen atoms in total. The van der Waals surface area contributed by atoms with Gasteiger partial charge in [-0.15, -0.1) is 0 Å². The summed E-state index contributed by atoms with van der Waals surface area (Å²) in [7, 11) is -3.43. The van der Waals surface area contributed by atoms with Gasteiger partial charge in [-0.05, 0) is 18.6 Å². The molecule has 0 unspecified atom stereocenters. The molecule has 0 amide bonds. The molecule has 0 radical (unpaired) electrons. The molecule has 0 aliphatic carbocycles. The van der Waals surface area contributed by atoms with Gasteiger partial charge in [0.1, 0.15) is 6.04 Å². The Hall–Kier alpha value is -1.40. The molecule has 6 heteroatoms. The second-order valence-corrected chi connectivity index (χ2v) is 5.47. The molecule has 0 saturated heterocycles. The summed E-state index contributed by atoms with van der Waals surface area (Å²) in [5.41, 5.74) is 5.24. The first-order chi connectivity index (χ1) is 7.43. The van der Waals surface area contributed by atoms with Crippen molar-refractivity contribution in [2.24, 2.45) is 5.73 Å². The minimum Gasteiger partial charge on any atom is -0.480 e. The van der Waals surface area contributed by atoms with Gasteiger partial charge in [0.05, 0.1) is 10.6 Å². The number of hydrogen-bond donors (Lipinski definition) is 2. The van der Waals surface area contributed by atoms with Crippen LogP contribution in [0.1, 0.15) is 6.42 Å². The molecule has 88 valence electrons. The van der Waals surface area contributed by atoms with E-state index in [9.17, 15) is 13.2 Å². The number of aliphatic carboxylic acids is 1. The van der Waals surface area contributed by atoms with Gasteiger partial charge in [-0.3, -0.25) is 4.79 Å². The zero-order valence-electron chi connectivity index (χ0n) is 8.54. The van der Waals surface area contributed by atoms with Crippen molar-refractivity contribution < 1.29 is 18.3 Å². The first-order valence-corrected chi connectivity index (χ1v) is 6.35. The third-order valence-electron chi connectivity index (χ3n) is 2.12. The first kappa shape index (κ1) is 12.7. The Morgan fingerprint density at radius 3 is 2.38 bits per heavy atom. The zero-order chi connectivity index (χ0) is 12.2. The standard InChI is InChI=1S/C10H13NO4S/c11-9(10(12)13)6-7-16(14,15)8-4-2-1-3-5-8/h1-5,9H,6-7,11H2,(H,12,13)/t9-/m0/s1. The Bertz CT molecular complexity index is 455. The number of nitrogens with two attached hydrogens (primary N) is 1. The largest absolute Gasteiger partial charge is 0.480 e. The number of carboxylic acid groups (broad SMARTS) is 1. The normalized spacial score (nSPS) is 13.3. The molecule has 0 aliphatic heterocycles. The van der Waals surface area contributed by atoms with Crippen LogP contribution in [0.3, 0.4) is 0 Å². The van der Waals surface area contributed by atoms with Gasteiger partial charge in [-0.25, -0.2) is 8.42 Å². The molecule has 1 rings (SSSR count). The molecule has 0 spiro atoms. The molecular weight excluding hydrogens is 230 g/mol. The van der Waals surface area contributed by atoms with Crippen LogP contribution in [0.25, 0.3) is 0 Å². The topological polar surface area (TPSA) is 97.5 Å². The van der Waals surface area contributed by atoms with Crippen molar-refractivity contribution in [3.63, 3.8) is 0 Å². The van der Waals surface area contributed by atoms with Crippen LogP contribution in [-0.2, 0) is 14.6 Å². The van der Waals surface area contributed by atoms with E-state index in [1.54, 1.807) is 18.2 Å². The van der Waals surface area contributed by atoms with E-state index in [0.717, 1.165) is 0 Å². The van der Waals surface area contributed by atoms with Crippen LogP contribution in [0.15, 0.2) is 35.2 Å². The van der Waals surface area contributed by atoms with E-state index in [2.05, 4.69) is 0 Å². The maximum Gasteiger partial charge on any atom is 0.320 e. The van der Waals surface area contributed by atoms with Crippen LogP contribution < -0.4 is 5.73 Å². The van der Waals surface area contributed by atoms with Gasteiger partial charge in [0.15, 0.2) is 9.84 Å². The minimum atomic E-state index is -3.43. The van der Waals surface area contributed by atoms with Crippen molar-refractivity contribution in [2.45, 2.75) is 17.4 Å². The molecule has 0 aromatic heterocycles. The molecular formula is C10H13NO4S. The SMILES string of the molecule is N[C@@H](CCS(=O)(=O)c1ccccc1)C(=O)O. The average molecular weight is 243 g/mol. The molecule has 1 atom stereocenters. The summed E-state index contributed by atoms with van der Waals surface area (Å²) in [5.74, 6) is -1.45. The number of carbonyl (C=O) groups is 1. The lowest BCUT2D eigenvalue weighted by Gasteiger charge is -2.07. The van der Waals surface area contributed by atoms with Crippen LogP contribution in [0.5, 0.6) is 0 Å². The molecule has 0 fully saturated rings. The first-order valence-electron chi connectivity index (χ1n) is 4.69. The van der Waals surface area contributed by atoms with Crippen LogP contribution in [0.4, 0.5) is 0 Å². The second-order valence-electron chi connectivity index (χ2n) is 3.37. The van der Waals surface area contributed by atoms with Crippen LogP contribution in [-0.4, -0.2) is 31.3 Å². The molecule has 0 aliphatic rings. The van der Waals surface area contributed by atoms with Gasteiger partial charge in [-0.2, -0.15) is 0 Å². The summed E-state index contributed by atoms with van der Waals surface area (Å²) in [6.07, 6.45) is -0.0907. The second kappa shape index (κ2) is 5.09. The van der Waals surface area contributed by atoms with E-state index in [1.807, 2.05) is 0 Å². The summed E-state index contributed by atoms with van der Waals surface area (Å²) in [6.45, 7) is 0. The fourth-order valence-corrected chi connectivity index (χ4v) is 2.52. The van der Waals surface area contributed by atoms with Crippen molar-refractivity contribution in [1.29, 1.82) is 0 Å². The number of rotatable bonds is 5. The molecule has 0 saturated carbocycles. The Morgan fingerprint density at radius 2 is 1.88 bits per heavy atom. The van der Waals surface area contributed by atoms with Crippen molar-refractivity contribution in [2.75, 3.05) is 5.75 Å². The van der Waals surface area contributed by atoms with E-state index >= 15 is 0 Å². The number of sulfone groups is 1. The number of benzene rings is 1. The quantitative estimate of drug-likeness (QED) is 0.773. The fraction of sp³-hybridized carbons (Fsp3) is 0.300. The van der Waals surface area contributed by atoms with Gasteiger partial charge in [-0.1, -0.05) is 18.2 Å². The highest BCUT2D eigenvalue weighted by molar-refractivity contribution is 7.91. The van der Waals surface area contributed by atoms with Gasteiger partial charge in [0, 0.05) is 0 Å². The monoisotopic (exact) mass is 243 g/mol. The van der Waals surface area contributed by atoms with E-state index in [-0.39, 0.29) is 17.1 Å². The molecule has 1 aromatic rings. The Morgan fingerprint density at radius 1 is 1.31 bits per heavy atom. The third kappa shape index (κ3) is 3.32. The van der Waals surface area contributed by atoms with E-state index in [4.69, 9.17) is 10.8 Å².